The molecule has 126 valence electrons. The average Bonchev–Trinajstić information content (AvgIpc) is 2.61. The Morgan fingerprint density at radius 1 is 1.13 bits per heavy atom. The predicted octanol–water partition coefficient (Wildman–Crippen LogP) is 1.69. The minimum atomic E-state index is 0.187. The Morgan fingerprint density at radius 3 is 2.57 bits per heavy atom. The molecule has 5 nitrogen and oxygen atoms in total. The zero-order valence-electron chi connectivity index (χ0n) is 14.2. The van der Waals surface area contributed by atoms with E-state index in [1.165, 1.54) is 0 Å². The monoisotopic (exact) mass is 317 g/mol. The number of piperazine rings is 1. The fourth-order valence-corrected chi connectivity index (χ4v) is 3.68. The standard InChI is InChI=1S/C18H27N3O2/c1-19-9-5-6-15(14-19)18(22)21-12-10-20(11-13-21)16-7-3-4-8-17(16)23-2/h3-4,7-8,15H,5-6,9-14H2,1-2H3/t15-/m0/s1. The quantitative estimate of drug-likeness (QED) is 0.850. The van der Waals surface area contributed by atoms with E-state index in [2.05, 4.69) is 27.8 Å². The Morgan fingerprint density at radius 2 is 1.87 bits per heavy atom. The van der Waals surface area contributed by atoms with E-state index in [0.717, 1.165) is 63.5 Å². The second-order valence-corrected chi connectivity index (χ2v) is 6.59. The summed E-state index contributed by atoms with van der Waals surface area (Å²) in [5.74, 6) is 1.43. The van der Waals surface area contributed by atoms with Gasteiger partial charge in [0.2, 0.25) is 5.91 Å². The molecule has 1 aromatic carbocycles. The van der Waals surface area contributed by atoms with Gasteiger partial charge in [0.15, 0.2) is 0 Å². The highest BCUT2D eigenvalue weighted by Gasteiger charge is 2.30. The molecule has 3 rings (SSSR count). The Bertz CT molecular complexity index is 541. The third kappa shape index (κ3) is 3.61. The second-order valence-electron chi connectivity index (χ2n) is 6.59. The second kappa shape index (κ2) is 7.21. The molecular formula is C18H27N3O2. The van der Waals surface area contributed by atoms with Gasteiger partial charge in [0.05, 0.1) is 18.7 Å². The van der Waals surface area contributed by atoms with Crippen LogP contribution in [0.5, 0.6) is 5.75 Å². The molecule has 0 bridgehead atoms. The highest BCUT2D eigenvalue weighted by Crippen LogP contribution is 2.28. The smallest absolute Gasteiger partial charge is 0.227 e. The van der Waals surface area contributed by atoms with Gasteiger partial charge in [-0.15, -0.1) is 0 Å². The highest BCUT2D eigenvalue weighted by atomic mass is 16.5. The maximum absolute atomic E-state index is 12.7. The lowest BCUT2D eigenvalue weighted by atomic mass is 9.96. The van der Waals surface area contributed by atoms with E-state index in [1.54, 1.807) is 7.11 Å². The number of para-hydroxylation sites is 2. The molecule has 0 unspecified atom stereocenters. The number of ether oxygens (including phenoxy) is 1. The topological polar surface area (TPSA) is 36.0 Å². The number of methoxy groups -OCH3 is 1. The first-order chi connectivity index (χ1) is 11.2. The van der Waals surface area contributed by atoms with Crippen molar-refractivity contribution in [2.45, 2.75) is 12.8 Å². The van der Waals surface area contributed by atoms with Crippen molar-refractivity contribution in [1.29, 1.82) is 0 Å². The van der Waals surface area contributed by atoms with Crippen molar-refractivity contribution < 1.29 is 9.53 Å². The van der Waals surface area contributed by atoms with Crippen LogP contribution in [-0.2, 0) is 4.79 Å². The molecule has 1 amide bonds. The predicted molar refractivity (Wildman–Crippen MR) is 92.0 cm³/mol. The lowest BCUT2D eigenvalue weighted by Crippen LogP contribution is -2.52. The van der Waals surface area contributed by atoms with Crippen LogP contribution < -0.4 is 9.64 Å². The lowest BCUT2D eigenvalue weighted by Gasteiger charge is -2.39. The maximum Gasteiger partial charge on any atom is 0.227 e. The van der Waals surface area contributed by atoms with E-state index in [-0.39, 0.29) is 5.92 Å². The molecule has 0 saturated carbocycles. The van der Waals surface area contributed by atoms with Crippen LogP contribution in [-0.4, -0.2) is 69.1 Å². The largest absolute Gasteiger partial charge is 0.495 e. The number of hydrogen-bond donors (Lipinski definition) is 0. The van der Waals surface area contributed by atoms with E-state index < -0.39 is 0 Å². The molecule has 1 atom stereocenters. The van der Waals surface area contributed by atoms with Gasteiger partial charge in [-0.3, -0.25) is 4.79 Å². The lowest BCUT2D eigenvalue weighted by molar-refractivity contribution is -0.137. The Kier molecular flexibility index (Phi) is 5.06. The number of piperidine rings is 1. The maximum atomic E-state index is 12.7. The first-order valence-electron chi connectivity index (χ1n) is 8.54. The molecule has 2 saturated heterocycles. The van der Waals surface area contributed by atoms with Gasteiger partial charge < -0.3 is 19.4 Å². The van der Waals surface area contributed by atoms with Gasteiger partial charge >= 0.3 is 0 Å². The van der Waals surface area contributed by atoms with Gasteiger partial charge in [0, 0.05) is 32.7 Å². The molecular weight excluding hydrogens is 290 g/mol. The molecule has 1 aromatic rings. The summed E-state index contributed by atoms with van der Waals surface area (Å²) in [6.45, 7) is 5.37. The zero-order chi connectivity index (χ0) is 16.2. The number of anilines is 1. The van der Waals surface area contributed by atoms with Crippen molar-refractivity contribution in [2.24, 2.45) is 5.92 Å². The normalized spacial score (nSPS) is 23.0. The number of hydrogen-bond acceptors (Lipinski definition) is 4. The number of carbonyl (C=O) groups is 1. The number of amides is 1. The minimum absolute atomic E-state index is 0.187. The van der Waals surface area contributed by atoms with Gasteiger partial charge in [0.1, 0.15) is 5.75 Å². The van der Waals surface area contributed by atoms with Crippen molar-refractivity contribution in [3.63, 3.8) is 0 Å². The molecule has 5 heteroatoms. The van der Waals surface area contributed by atoms with Crippen LogP contribution >= 0.6 is 0 Å². The Labute approximate surface area is 138 Å². The van der Waals surface area contributed by atoms with Crippen molar-refractivity contribution in [1.82, 2.24) is 9.80 Å². The van der Waals surface area contributed by atoms with Gasteiger partial charge in [-0.2, -0.15) is 0 Å². The molecule has 0 spiro atoms. The van der Waals surface area contributed by atoms with E-state index in [9.17, 15) is 4.79 Å². The third-order valence-corrected chi connectivity index (χ3v) is 4.99. The summed E-state index contributed by atoms with van der Waals surface area (Å²) in [6, 6.07) is 8.10. The fraction of sp³-hybridized carbons (Fsp3) is 0.611. The molecule has 0 aliphatic carbocycles. The van der Waals surface area contributed by atoms with Crippen LogP contribution in [0.3, 0.4) is 0 Å². The van der Waals surface area contributed by atoms with E-state index in [0.29, 0.717) is 5.91 Å². The van der Waals surface area contributed by atoms with Crippen LogP contribution in [0.4, 0.5) is 5.69 Å². The SMILES string of the molecule is COc1ccccc1N1CCN(C(=O)[C@H]2CCCN(C)C2)CC1. The number of rotatable bonds is 3. The van der Waals surface area contributed by atoms with Crippen LogP contribution in [0.1, 0.15) is 12.8 Å². The molecule has 23 heavy (non-hydrogen) atoms. The molecule has 2 aliphatic rings. The molecule has 2 heterocycles. The molecule has 2 fully saturated rings. The highest BCUT2D eigenvalue weighted by molar-refractivity contribution is 5.79. The Balaban J connectivity index is 1.59. The summed E-state index contributed by atoms with van der Waals surface area (Å²) < 4.78 is 5.45. The number of nitrogens with zero attached hydrogens (tertiary/aromatic N) is 3. The fourth-order valence-electron chi connectivity index (χ4n) is 3.68. The minimum Gasteiger partial charge on any atom is -0.495 e. The van der Waals surface area contributed by atoms with E-state index >= 15 is 0 Å². The van der Waals surface area contributed by atoms with E-state index in [4.69, 9.17) is 4.74 Å². The first-order valence-corrected chi connectivity index (χ1v) is 8.54. The molecule has 0 N–H and O–H groups in total. The van der Waals surface area contributed by atoms with Crippen molar-refractivity contribution in [3.8, 4) is 5.75 Å². The number of benzene rings is 1. The van der Waals surface area contributed by atoms with Crippen molar-refractivity contribution in [2.75, 3.05) is 58.3 Å². The Hall–Kier alpha value is -1.75. The van der Waals surface area contributed by atoms with Crippen LogP contribution in [0.2, 0.25) is 0 Å². The van der Waals surface area contributed by atoms with Gasteiger partial charge in [-0.25, -0.2) is 0 Å². The summed E-state index contributed by atoms with van der Waals surface area (Å²) in [7, 11) is 3.82. The van der Waals surface area contributed by atoms with Gasteiger partial charge in [0.25, 0.3) is 0 Å². The van der Waals surface area contributed by atoms with Gasteiger partial charge in [-0.05, 0) is 38.6 Å². The average molecular weight is 317 g/mol. The van der Waals surface area contributed by atoms with Crippen LogP contribution in [0.25, 0.3) is 0 Å². The van der Waals surface area contributed by atoms with Crippen molar-refractivity contribution in [3.05, 3.63) is 24.3 Å². The third-order valence-electron chi connectivity index (χ3n) is 4.99. The summed E-state index contributed by atoms with van der Waals surface area (Å²) in [5, 5.41) is 0. The number of likely N-dealkylation sites (tertiary alicyclic amines) is 1. The zero-order valence-corrected chi connectivity index (χ0v) is 14.2. The molecule has 2 aliphatic heterocycles. The number of carbonyl (C=O) groups excluding carboxylic acids is 1. The summed E-state index contributed by atoms with van der Waals surface area (Å²) in [4.78, 5) is 19.4. The summed E-state index contributed by atoms with van der Waals surface area (Å²) in [5.41, 5.74) is 1.12. The van der Waals surface area contributed by atoms with Crippen LogP contribution in [0, 0.1) is 5.92 Å². The summed E-state index contributed by atoms with van der Waals surface area (Å²) in [6.07, 6.45) is 2.17. The van der Waals surface area contributed by atoms with Crippen molar-refractivity contribution >= 4 is 11.6 Å². The summed E-state index contributed by atoms with van der Waals surface area (Å²) >= 11 is 0. The first kappa shape index (κ1) is 16.1. The van der Waals surface area contributed by atoms with Gasteiger partial charge in [-0.1, -0.05) is 12.1 Å². The van der Waals surface area contributed by atoms with Crippen LogP contribution in [0.15, 0.2) is 24.3 Å². The molecule has 0 radical (unpaired) electrons. The molecule has 0 aromatic heterocycles. The van der Waals surface area contributed by atoms with E-state index in [1.807, 2.05) is 18.2 Å².